The van der Waals surface area contributed by atoms with E-state index in [-0.39, 0.29) is 21.7 Å². The molecule has 0 amide bonds. The van der Waals surface area contributed by atoms with Crippen LogP contribution in [-0.4, -0.2) is 0 Å². The fourth-order valence-electron chi connectivity index (χ4n) is 6.31. The van der Waals surface area contributed by atoms with E-state index in [1.165, 1.54) is 28.9 Å². The van der Waals surface area contributed by atoms with Gasteiger partial charge in [-0.3, -0.25) is 0 Å². The summed E-state index contributed by atoms with van der Waals surface area (Å²) in [5.41, 5.74) is 5.14. The summed E-state index contributed by atoms with van der Waals surface area (Å²) < 4.78 is 18.0. The van der Waals surface area contributed by atoms with Crippen LogP contribution in [0.1, 0.15) is 95.9 Å². The second-order valence-corrected chi connectivity index (χ2v) is 23.4. The van der Waals surface area contributed by atoms with Crippen LogP contribution in [0.3, 0.4) is 0 Å². The molecule has 0 radical (unpaired) electrons. The minimum absolute atomic E-state index is 0.0830. The van der Waals surface area contributed by atoms with Crippen molar-refractivity contribution in [2.75, 3.05) is 0 Å². The molecule has 0 heterocycles. The molecule has 2 aliphatic carbocycles. The van der Waals surface area contributed by atoms with Gasteiger partial charge < -0.3 is 0 Å². The third-order valence-corrected chi connectivity index (χ3v) is 17.5. The van der Waals surface area contributed by atoms with Gasteiger partial charge in [-0.2, -0.15) is 0 Å². The normalized spacial score (nSPS) is 17.0. The molecular formula is C38H50Cl2O2Zr. The Kier molecular flexibility index (Phi) is 9.58. The molecule has 2 aromatic carbocycles. The van der Waals surface area contributed by atoms with E-state index >= 15 is 0 Å². The first-order valence-electron chi connectivity index (χ1n) is 15.4. The van der Waals surface area contributed by atoms with E-state index in [1.54, 1.807) is 0 Å². The molecule has 0 unspecified atom stereocenters. The van der Waals surface area contributed by atoms with E-state index in [4.69, 9.17) is 28.8 Å². The molecule has 2 aliphatic rings. The fraction of sp³-hybridized carbons (Fsp3) is 0.474. The van der Waals surface area contributed by atoms with Gasteiger partial charge in [0.05, 0.1) is 0 Å². The second kappa shape index (κ2) is 12.0. The van der Waals surface area contributed by atoms with Crippen molar-refractivity contribution < 1.29 is 26.8 Å². The maximum atomic E-state index is 7.66. The van der Waals surface area contributed by atoms with Gasteiger partial charge in [-0.05, 0) is 0 Å². The molecule has 2 aromatic rings. The van der Waals surface area contributed by atoms with Crippen molar-refractivity contribution in [2.24, 2.45) is 21.7 Å². The van der Waals surface area contributed by atoms with Crippen LogP contribution in [0.4, 0.5) is 0 Å². The number of hydrogen-bond acceptors (Lipinski definition) is 2. The quantitative estimate of drug-likeness (QED) is 0.299. The first-order valence-corrected chi connectivity index (χ1v) is 20.7. The molecule has 2 nitrogen and oxygen atoms in total. The number of benzene rings is 2. The summed E-state index contributed by atoms with van der Waals surface area (Å²) in [5.74, 6) is 1.58. The summed E-state index contributed by atoms with van der Waals surface area (Å²) in [6, 6.07) is 15.7. The van der Waals surface area contributed by atoms with Gasteiger partial charge >= 0.3 is 279 Å². The van der Waals surface area contributed by atoms with Crippen molar-refractivity contribution in [3.8, 4) is 11.5 Å². The first kappa shape index (κ1) is 34.3. The minimum atomic E-state index is -4.78. The Hall–Kier alpha value is -1.54. The van der Waals surface area contributed by atoms with Gasteiger partial charge in [0.15, 0.2) is 0 Å². The Bertz CT molecular complexity index is 1360. The van der Waals surface area contributed by atoms with Crippen molar-refractivity contribution in [2.45, 2.75) is 95.9 Å². The Morgan fingerprint density at radius 1 is 0.488 bits per heavy atom. The van der Waals surface area contributed by atoms with Crippen molar-refractivity contribution >= 4 is 23.2 Å². The third kappa shape index (κ3) is 7.31. The summed E-state index contributed by atoms with van der Waals surface area (Å²) in [6.45, 7) is 27.9. The number of halogens is 2. The van der Waals surface area contributed by atoms with Crippen LogP contribution in [0.5, 0.6) is 11.5 Å². The Labute approximate surface area is 276 Å². The van der Waals surface area contributed by atoms with Crippen molar-refractivity contribution in [3.05, 3.63) is 99.6 Å². The summed E-state index contributed by atoms with van der Waals surface area (Å²) in [6.07, 6.45) is 6.69. The molecule has 0 fully saturated rings. The van der Waals surface area contributed by atoms with Gasteiger partial charge in [-0.15, -0.1) is 0 Å². The fourth-order valence-corrected chi connectivity index (χ4v) is 19.0. The van der Waals surface area contributed by atoms with Crippen molar-refractivity contribution in [3.63, 3.8) is 0 Å². The van der Waals surface area contributed by atoms with Gasteiger partial charge in [0.25, 0.3) is 0 Å². The molecule has 0 bridgehead atoms. The first-order chi connectivity index (χ1) is 19.6. The number of allylic oxidation sites excluding steroid dienone is 8. The molecule has 0 aromatic heterocycles. The average Bonchev–Trinajstić information content (AvgIpc) is 3.52. The number of hydrogen-bond donors (Lipinski definition) is 0. The molecule has 43 heavy (non-hydrogen) atoms. The zero-order valence-corrected chi connectivity index (χ0v) is 32.2. The average molecular weight is 701 g/mol. The van der Waals surface area contributed by atoms with Gasteiger partial charge in [-0.25, -0.2) is 0 Å². The molecule has 0 aliphatic heterocycles. The molecule has 0 spiro atoms. The van der Waals surface area contributed by atoms with E-state index in [2.05, 4.69) is 95.2 Å². The topological polar surface area (TPSA) is 18.5 Å². The van der Waals surface area contributed by atoms with E-state index in [9.17, 15) is 0 Å². The number of rotatable bonds is 6. The van der Waals surface area contributed by atoms with Crippen LogP contribution >= 0.6 is 23.2 Å². The van der Waals surface area contributed by atoms with Crippen LogP contribution in [-0.2, 0) is 21.1 Å². The molecular weight excluding hydrogens is 651 g/mol. The molecule has 0 saturated carbocycles. The van der Waals surface area contributed by atoms with Crippen molar-refractivity contribution in [1.82, 2.24) is 0 Å². The zero-order chi connectivity index (χ0) is 32.2. The second-order valence-electron chi connectivity index (χ2n) is 16.1. The molecule has 5 heteroatoms. The predicted molar refractivity (Wildman–Crippen MR) is 181 cm³/mol. The van der Waals surface area contributed by atoms with Crippen LogP contribution in [0, 0.1) is 21.7 Å². The summed E-state index contributed by atoms with van der Waals surface area (Å²) in [7, 11) is 0. The van der Waals surface area contributed by atoms with Crippen LogP contribution < -0.4 is 5.63 Å². The Morgan fingerprint density at radius 3 is 1.05 bits per heavy atom. The van der Waals surface area contributed by atoms with E-state index in [0.29, 0.717) is 10.0 Å². The van der Waals surface area contributed by atoms with Crippen LogP contribution in [0.25, 0.3) is 0 Å². The predicted octanol–water partition coefficient (Wildman–Crippen LogP) is 12.8. The molecule has 4 rings (SSSR count). The summed E-state index contributed by atoms with van der Waals surface area (Å²) >= 11 is 8.01. The van der Waals surface area contributed by atoms with Crippen molar-refractivity contribution in [1.29, 1.82) is 0 Å². The van der Waals surface area contributed by atoms with Gasteiger partial charge in [0, 0.05) is 0 Å². The van der Waals surface area contributed by atoms with Crippen LogP contribution in [0.2, 0.25) is 10.0 Å². The third-order valence-electron chi connectivity index (χ3n) is 8.40. The van der Waals surface area contributed by atoms with Gasteiger partial charge in [0.1, 0.15) is 0 Å². The summed E-state index contributed by atoms with van der Waals surface area (Å²) in [5, 5.41) is 1.37. The molecule has 0 atom stereocenters. The Balaban J connectivity index is 2.24. The SMILES string of the molecule is CC(C)(C)C1=CCC(C(C)(C)C)=[C]1[Zr]([O]c1ccc(Cl)cc1)([O]c1ccc(Cl)cc1)[C]1=C(C(C)(C)C)CC=C1C(C)(C)C. The standard InChI is InChI=1S/2C13H21.2C6H5ClO.Zr/c2*1-12(2,3)10-7-8-11(9-10)13(4,5)6;2*7-5-1-3-6(8)4-2-5;/h2*7H,8H2,1-6H3;2*1-4,8H;/q;;;;+2/p-2. The Morgan fingerprint density at radius 2 is 0.791 bits per heavy atom. The zero-order valence-electron chi connectivity index (χ0n) is 28.3. The van der Waals surface area contributed by atoms with Crippen LogP contribution in [0.15, 0.2) is 89.5 Å². The van der Waals surface area contributed by atoms with Gasteiger partial charge in [0.2, 0.25) is 0 Å². The molecule has 0 N–H and O–H groups in total. The maximum absolute atomic E-state index is 7.66. The molecule has 232 valence electrons. The van der Waals surface area contributed by atoms with E-state index in [1.807, 2.05) is 48.5 Å². The van der Waals surface area contributed by atoms with E-state index < -0.39 is 21.1 Å². The molecule has 0 saturated heterocycles. The van der Waals surface area contributed by atoms with E-state index in [0.717, 1.165) is 24.3 Å². The summed E-state index contributed by atoms with van der Waals surface area (Å²) in [4.78, 5) is 0. The van der Waals surface area contributed by atoms with Gasteiger partial charge in [-0.1, -0.05) is 0 Å². The monoisotopic (exact) mass is 698 g/mol.